The van der Waals surface area contributed by atoms with Gasteiger partial charge >= 0.3 is 0 Å². The van der Waals surface area contributed by atoms with Crippen molar-refractivity contribution in [3.63, 3.8) is 0 Å². The van der Waals surface area contributed by atoms with E-state index in [2.05, 4.69) is 28.9 Å². The summed E-state index contributed by atoms with van der Waals surface area (Å²) >= 11 is 0. The molecule has 0 unspecified atom stereocenters. The lowest BCUT2D eigenvalue weighted by molar-refractivity contribution is -0.125. The molecule has 0 saturated heterocycles. The van der Waals surface area contributed by atoms with Gasteiger partial charge in [-0.3, -0.25) is 9.89 Å². The molecule has 6 nitrogen and oxygen atoms in total. The number of likely N-dealkylation sites (N-methyl/N-ethyl adjacent to an activating group) is 1. The molecule has 1 N–H and O–H groups in total. The van der Waals surface area contributed by atoms with Gasteiger partial charge in [0, 0.05) is 37.6 Å². The van der Waals surface area contributed by atoms with E-state index >= 15 is 4.39 Å². The minimum Gasteiger partial charge on any atom is -0.356 e. The van der Waals surface area contributed by atoms with Crippen molar-refractivity contribution in [3.05, 3.63) is 59.9 Å². The fourth-order valence-electron chi connectivity index (χ4n) is 4.58. The highest BCUT2D eigenvalue weighted by atomic mass is 19.1. The van der Waals surface area contributed by atoms with Crippen molar-refractivity contribution in [1.29, 1.82) is 5.26 Å². The summed E-state index contributed by atoms with van der Waals surface area (Å²) in [6.07, 6.45) is 5.84. The summed E-state index contributed by atoms with van der Waals surface area (Å²) < 4.78 is 15.3. The number of carbonyl (C=O) groups is 1. The third-order valence-electron chi connectivity index (χ3n) is 6.36. The predicted molar refractivity (Wildman–Crippen MR) is 128 cm³/mol. The lowest BCUT2D eigenvalue weighted by Crippen LogP contribution is -2.37. The van der Waals surface area contributed by atoms with Crippen LogP contribution in [0.5, 0.6) is 0 Å². The van der Waals surface area contributed by atoms with Gasteiger partial charge in [0.25, 0.3) is 0 Å². The molecule has 1 amide bonds. The Labute approximate surface area is 193 Å². The van der Waals surface area contributed by atoms with E-state index in [0.29, 0.717) is 36.4 Å². The second-order valence-corrected chi connectivity index (χ2v) is 8.43. The van der Waals surface area contributed by atoms with Gasteiger partial charge in [-0.05, 0) is 60.6 Å². The summed E-state index contributed by atoms with van der Waals surface area (Å²) in [7, 11) is 1.86. The van der Waals surface area contributed by atoms with Gasteiger partial charge in [0.2, 0.25) is 5.91 Å². The van der Waals surface area contributed by atoms with Crippen molar-refractivity contribution in [1.82, 2.24) is 15.1 Å². The molecule has 3 aromatic rings. The molecule has 4 rings (SSSR count). The van der Waals surface area contributed by atoms with Crippen LogP contribution in [0.15, 0.2) is 43.0 Å². The van der Waals surface area contributed by atoms with E-state index in [-0.39, 0.29) is 18.1 Å². The Hall–Kier alpha value is -3.66. The number of hydrogen-bond donors (Lipinski definition) is 1. The van der Waals surface area contributed by atoms with Gasteiger partial charge in [-0.2, -0.15) is 10.4 Å². The van der Waals surface area contributed by atoms with Gasteiger partial charge in [0.1, 0.15) is 5.82 Å². The number of fused-ring (bicyclic) bond motifs is 2. The predicted octanol–water partition coefficient (Wildman–Crippen LogP) is 4.61. The lowest BCUT2D eigenvalue weighted by atomic mass is 9.85. The Morgan fingerprint density at radius 3 is 2.85 bits per heavy atom. The zero-order chi connectivity index (χ0) is 23.4. The maximum atomic E-state index is 15.3. The first-order valence-corrected chi connectivity index (χ1v) is 11.3. The monoisotopic (exact) mass is 445 g/mol. The van der Waals surface area contributed by atoms with E-state index in [1.807, 2.05) is 30.1 Å². The lowest BCUT2D eigenvalue weighted by Gasteiger charge is -2.24. The molecular formula is C26H28FN5O. The van der Waals surface area contributed by atoms with Crippen molar-refractivity contribution in [2.24, 2.45) is 0 Å². The molecule has 0 bridgehead atoms. The Morgan fingerprint density at radius 2 is 2.06 bits per heavy atom. The van der Waals surface area contributed by atoms with Crippen molar-refractivity contribution in [3.8, 4) is 17.2 Å². The fraction of sp³-hybridized carbons (Fsp3) is 0.346. The molecule has 0 saturated carbocycles. The van der Waals surface area contributed by atoms with Crippen LogP contribution in [-0.4, -0.2) is 47.7 Å². The molecule has 2 aromatic carbocycles. The van der Waals surface area contributed by atoms with Gasteiger partial charge in [-0.1, -0.05) is 24.8 Å². The average Bonchev–Trinajstić information content (AvgIpc) is 3.25. The summed E-state index contributed by atoms with van der Waals surface area (Å²) in [4.78, 5) is 15.5. The average molecular weight is 446 g/mol. The van der Waals surface area contributed by atoms with Crippen LogP contribution in [0.1, 0.15) is 30.4 Å². The van der Waals surface area contributed by atoms with E-state index in [1.54, 1.807) is 11.0 Å². The first kappa shape index (κ1) is 22.5. The molecule has 170 valence electrons. The van der Waals surface area contributed by atoms with E-state index in [4.69, 9.17) is 5.26 Å². The largest absolute Gasteiger partial charge is 0.356 e. The highest BCUT2D eigenvalue weighted by Gasteiger charge is 2.20. The number of carbonyl (C=O) groups excluding carboxylic acids is 1. The Morgan fingerprint density at radius 1 is 1.24 bits per heavy atom. The van der Waals surface area contributed by atoms with Crippen LogP contribution < -0.4 is 4.90 Å². The smallest absolute Gasteiger partial charge is 0.246 e. The molecule has 7 heteroatoms. The van der Waals surface area contributed by atoms with E-state index in [0.717, 1.165) is 30.3 Å². The number of nitrogens with zero attached hydrogens (tertiary/aromatic N) is 4. The van der Waals surface area contributed by atoms with Crippen molar-refractivity contribution in [2.45, 2.75) is 32.1 Å². The van der Waals surface area contributed by atoms with Gasteiger partial charge in [-0.15, -0.1) is 0 Å². The van der Waals surface area contributed by atoms with Gasteiger partial charge in [0.15, 0.2) is 5.82 Å². The number of aromatic amines is 1. The molecule has 1 aliphatic carbocycles. The van der Waals surface area contributed by atoms with Crippen LogP contribution in [0.4, 0.5) is 10.2 Å². The van der Waals surface area contributed by atoms with Crippen LogP contribution in [0.25, 0.3) is 22.0 Å². The standard InChI is InChI=1S/C26H28FN5O/c1-3-25(33)32(13-7-12-28)15-14-31(2)26-22-16-23(27)21(17-24(22)29-30-26)20-11-6-9-18-8-4-5-10-19(18)20/h3,6,9,11,16-17H,1,4-5,7-8,10,13-15H2,2H3,(H,29,30). The second-order valence-electron chi connectivity index (χ2n) is 8.43. The molecule has 1 heterocycles. The number of aromatic nitrogens is 2. The summed E-state index contributed by atoms with van der Waals surface area (Å²) in [5.41, 5.74) is 4.90. The van der Waals surface area contributed by atoms with Crippen molar-refractivity contribution < 1.29 is 9.18 Å². The Balaban J connectivity index is 1.59. The molecule has 1 aliphatic rings. The summed E-state index contributed by atoms with van der Waals surface area (Å²) in [5.74, 6) is 0.138. The Kier molecular flexibility index (Phi) is 6.74. The molecular weight excluding hydrogens is 417 g/mol. The second kappa shape index (κ2) is 9.86. The van der Waals surface area contributed by atoms with Gasteiger partial charge < -0.3 is 9.80 Å². The molecule has 33 heavy (non-hydrogen) atoms. The molecule has 0 fully saturated rings. The summed E-state index contributed by atoms with van der Waals surface area (Å²) in [6, 6.07) is 11.6. The third-order valence-corrected chi connectivity index (χ3v) is 6.36. The number of aryl methyl sites for hydroxylation is 1. The number of H-pyrrole nitrogens is 1. The van der Waals surface area contributed by atoms with Crippen LogP contribution in [0, 0.1) is 17.1 Å². The van der Waals surface area contributed by atoms with Gasteiger partial charge in [-0.25, -0.2) is 4.39 Å². The number of nitriles is 1. The number of halogens is 1. The number of amides is 1. The maximum absolute atomic E-state index is 15.3. The minimum absolute atomic E-state index is 0.215. The number of hydrogen-bond acceptors (Lipinski definition) is 4. The number of anilines is 1. The molecule has 0 atom stereocenters. The number of rotatable bonds is 8. The molecule has 0 spiro atoms. The zero-order valence-electron chi connectivity index (χ0n) is 18.9. The maximum Gasteiger partial charge on any atom is 0.246 e. The van der Waals surface area contributed by atoms with Crippen LogP contribution in [0.3, 0.4) is 0 Å². The minimum atomic E-state index is -0.269. The third kappa shape index (κ3) is 4.61. The van der Waals surface area contributed by atoms with Crippen LogP contribution in [0.2, 0.25) is 0 Å². The fourth-order valence-corrected chi connectivity index (χ4v) is 4.58. The van der Waals surface area contributed by atoms with Crippen LogP contribution >= 0.6 is 0 Å². The Bertz CT molecular complexity index is 1230. The molecule has 0 radical (unpaired) electrons. The van der Waals surface area contributed by atoms with Crippen molar-refractivity contribution >= 4 is 22.6 Å². The summed E-state index contributed by atoms with van der Waals surface area (Å²) in [5, 5.41) is 17.0. The molecule has 1 aromatic heterocycles. The van der Waals surface area contributed by atoms with Crippen LogP contribution in [-0.2, 0) is 17.6 Å². The first-order chi connectivity index (χ1) is 16.0. The van der Waals surface area contributed by atoms with E-state index in [1.165, 1.54) is 23.6 Å². The summed E-state index contributed by atoms with van der Waals surface area (Å²) in [6.45, 7) is 4.77. The molecule has 0 aliphatic heterocycles. The van der Waals surface area contributed by atoms with E-state index < -0.39 is 0 Å². The highest BCUT2D eigenvalue weighted by molar-refractivity contribution is 5.93. The normalized spacial score (nSPS) is 12.8. The van der Waals surface area contributed by atoms with E-state index in [9.17, 15) is 4.79 Å². The van der Waals surface area contributed by atoms with Crippen molar-refractivity contribution in [2.75, 3.05) is 31.6 Å². The SMILES string of the molecule is C=CC(=O)N(CCC#N)CCN(C)c1n[nH]c2cc(-c3cccc4c3CCCC4)c(F)cc12. The first-order valence-electron chi connectivity index (χ1n) is 11.3. The topological polar surface area (TPSA) is 76.0 Å². The quantitative estimate of drug-likeness (QED) is 0.514. The zero-order valence-corrected chi connectivity index (χ0v) is 18.9. The highest BCUT2D eigenvalue weighted by Crippen LogP contribution is 2.36. The number of nitrogens with one attached hydrogen (secondary N) is 1. The number of benzene rings is 2. The van der Waals surface area contributed by atoms with Gasteiger partial charge in [0.05, 0.1) is 18.0 Å².